The molecule has 2 amide bonds. The summed E-state index contributed by atoms with van der Waals surface area (Å²) in [7, 11) is 1.64. The number of ether oxygens (including phenoxy) is 2. The number of aromatic amines is 1. The van der Waals surface area contributed by atoms with Crippen molar-refractivity contribution in [3.05, 3.63) is 65.4 Å². The zero-order chi connectivity index (χ0) is 23.9. The van der Waals surface area contributed by atoms with Crippen LogP contribution < -0.4 is 4.74 Å². The Kier molecular flexibility index (Phi) is 5.70. The van der Waals surface area contributed by atoms with Gasteiger partial charge < -0.3 is 24.3 Å². The molecule has 2 aromatic carbocycles. The van der Waals surface area contributed by atoms with Gasteiger partial charge in [0, 0.05) is 49.2 Å². The Morgan fingerprint density at radius 1 is 1.06 bits per heavy atom. The number of H-pyrrole nitrogens is 1. The number of benzene rings is 2. The Bertz CT molecular complexity index is 1270. The first-order valence-corrected chi connectivity index (χ1v) is 12.3. The number of nitrogens with one attached hydrogen (secondary N) is 1. The quantitative estimate of drug-likeness (QED) is 0.614. The molecule has 2 fully saturated rings. The first-order chi connectivity index (χ1) is 17.1. The van der Waals surface area contributed by atoms with Gasteiger partial charge >= 0.3 is 0 Å². The molecule has 4 heterocycles. The molecule has 8 heteroatoms. The topological polar surface area (TPSA) is 78.1 Å². The number of piperazine rings is 1. The summed E-state index contributed by atoms with van der Waals surface area (Å²) < 4.78 is 10.9. The maximum absolute atomic E-state index is 13.8. The van der Waals surface area contributed by atoms with E-state index in [0.717, 1.165) is 66.3 Å². The van der Waals surface area contributed by atoms with Gasteiger partial charge in [0.05, 0.1) is 32.9 Å². The van der Waals surface area contributed by atoms with E-state index in [1.165, 1.54) is 0 Å². The number of aromatic nitrogens is 1. The fraction of sp³-hybridized carbons (Fsp3) is 0.407. The van der Waals surface area contributed by atoms with Crippen molar-refractivity contribution in [3.63, 3.8) is 0 Å². The minimum atomic E-state index is -0.524. The van der Waals surface area contributed by atoms with Crippen LogP contribution >= 0.6 is 0 Å². The smallest absolute Gasteiger partial charge is 0.246 e. The van der Waals surface area contributed by atoms with E-state index in [2.05, 4.69) is 16.0 Å². The van der Waals surface area contributed by atoms with Crippen molar-refractivity contribution in [2.75, 3.05) is 53.0 Å². The number of rotatable bonds is 5. The summed E-state index contributed by atoms with van der Waals surface area (Å²) >= 11 is 0. The lowest BCUT2D eigenvalue weighted by molar-refractivity contribution is -0.158. The van der Waals surface area contributed by atoms with E-state index in [0.29, 0.717) is 13.0 Å². The number of fused-ring (bicyclic) bond motifs is 4. The highest BCUT2D eigenvalue weighted by Gasteiger charge is 2.48. The van der Waals surface area contributed by atoms with Crippen molar-refractivity contribution >= 4 is 22.7 Å². The highest BCUT2D eigenvalue weighted by atomic mass is 16.5. The normalized spacial score (nSPS) is 22.9. The van der Waals surface area contributed by atoms with E-state index < -0.39 is 6.04 Å². The van der Waals surface area contributed by atoms with Crippen LogP contribution in [0.4, 0.5) is 0 Å². The van der Waals surface area contributed by atoms with Gasteiger partial charge in [0.2, 0.25) is 11.8 Å². The molecule has 6 rings (SSSR count). The van der Waals surface area contributed by atoms with Gasteiger partial charge in [-0.2, -0.15) is 0 Å². The number of carbonyl (C=O) groups is 2. The lowest BCUT2D eigenvalue weighted by Gasteiger charge is -2.47. The van der Waals surface area contributed by atoms with E-state index in [1.807, 2.05) is 42.5 Å². The molecule has 0 saturated carbocycles. The molecule has 182 valence electrons. The van der Waals surface area contributed by atoms with Crippen molar-refractivity contribution in [3.8, 4) is 5.75 Å². The van der Waals surface area contributed by atoms with E-state index in [9.17, 15) is 9.59 Å². The lowest BCUT2D eigenvalue weighted by atomic mass is 9.86. The van der Waals surface area contributed by atoms with Crippen molar-refractivity contribution in [2.45, 2.75) is 18.5 Å². The maximum Gasteiger partial charge on any atom is 0.246 e. The standard InChI is InChI=1S/C27H30N4O4/c1-34-19-6-4-5-18(15-19)26-25-21(20-7-2-3-8-22(20)28-25)16-23-27(33)30(17-24(32)31(23)26)10-9-29-11-13-35-14-12-29/h2-8,15,23,26,28H,9-14,16-17H2,1H3. The predicted octanol–water partition coefficient (Wildman–Crippen LogP) is 2.19. The van der Waals surface area contributed by atoms with Crippen LogP contribution in [-0.2, 0) is 20.7 Å². The monoisotopic (exact) mass is 474 g/mol. The van der Waals surface area contributed by atoms with Crippen LogP contribution in [0.25, 0.3) is 10.9 Å². The fourth-order valence-corrected chi connectivity index (χ4v) is 5.76. The number of hydrogen-bond donors (Lipinski definition) is 1. The second-order valence-electron chi connectivity index (χ2n) is 9.48. The van der Waals surface area contributed by atoms with Gasteiger partial charge in [0.15, 0.2) is 0 Å². The molecule has 3 aromatic rings. The van der Waals surface area contributed by atoms with Crippen LogP contribution in [0.5, 0.6) is 5.75 Å². The minimum absolute atomic E-state index is 0.0197. The molecule has 1 N–H and O–H groups in total. The lowest BCUT2D eigenvalue weighted by Crippen LogP contribution is -2.63. The molecule has 0 aliphatic carbocycles. The first-order valence-electron chi connectivity index (χ1n) is 12.3. The summed E-state index contributed by atoms with van der Waals surface area (Å²) in [6.07, 6.45) is 0.512. The number of amides is 2. The second-order valence-corrected chi connectivity index (χ2v) is 9.48. The maximum atomic E-state index is 13.8. The molecular weight excluding hydrogens is 444 g/mol. The van der Waals surface area contributed by atoms with Crippen LogP contribution in [0.15, 0.2) is 48.5 Å². The summed E-state index contributed by atoms with van der Waals surface area (Å²) in [5, 5.41) is 1.11. The van der Waals surface area contributed by atoms with Crippen LogP contribution in [-0.4, -0.2) is 90.6 Å². The van der Waals surface area contributed by atoms with Crippen LogP contribution in [0.1, 0.15) is 22.9 Å². The predicted molar refractivity (Wildman–Crippen MR) is 131 cm³/mol. The van der Waals surface area contributed by atoms with Crippen molar-refractivity contribution < 1.29 is 19.1 Å². The van der Waals surface area contributed by atoms with Crippen molar-refractivity contribution in [2.24, 2.45) is 0 Å². The van der Waals surface area contributed by atoms with E-state index >= 15 is 0 Å². The number of para-hydroxylation sites is 1. The molecule has 3 aliphatic heterocycles. The third-order valence-corrected chi connectivity index (χ3v) is 7.54. The average Bonchev–Trinajstić information content (AvgIpc) is 3.27. The Morgan fingerprint density at radius 2 is 1.89 bits per heavy atom. The van der Waals surface area contributed by atoms with Gasteiger partial charge in [0.25, 0.3) is 0 Å². The van der Waals surface area contributed by atoms with Gasteiger partial charge in [-0.05, 0) is 29.3 Å². The summed E-state index contributed by atoms with van der Waals surface area (Å²) in [6.45, 7) is 4.58. The number of methoxy groups -OCH3 is 1. The Labute approximate surface area is 204 Å². The van der Waals surface area contributed by atoms with Gasteiger partial charge in [-0.25, -0.2) is 0 Å². The Hall–Kier alpha value is -3.36. The summed E-state index contributed by atoms with van der Waals surface area (Å²) in [4.78, 5) is 36.9. The summed E-state index contributed by atoms with van der Waals surface area (Å²) in [5.74, 6) is 0.737. The number of morpholine rings is 1. The molecule has 35 heavy (non-hydrogen) atoms. The highest BCUT2D eigenvalue weighted by molar-refractivity contribution is 5.97. The second kappa shape index (κ2) is 9.02. The molecule has 0 spiro atoms. The van der Waals surface area contributed by atoms with E-state index in [1.54, 1.807) is 16.9 Å². The number of nitrogens with zero attached hydrogens (tertiary/aromatic N) is 3. The third kappa shape index (κ3) is 3.86. The third-order valence-electron chi connectivity index (χ3n) is 7.54. The molecule has 2 atom stereocenters. The fourth-order valence-electron chi connectivity index (χ4n) is 5.76. The SMILES string of the molecule is COc1cccc(C2c3[nH]c4ccccc4c3CC3C(=O)N(CCN4CCOCC4)CC(=O)N32)c1. The molecule has 1 aromatic heterocycles. The average molecular weight is 475 g/mol. The van der Waals surface area contributed by atoms with E-state index in [4.69, 9.17) is 9.47 Å². The molecule has 2 saturated heterocycles. The minimum Gasteiger partial charge on any atom is -0.497 e. The number of carbonyl (C=O) groups excluding carboxylic acids is 2. The van der Waals surface area contributed by atoms with Gasteiger partial charge in [-0.15, -0.1) is 0 Å². The molecule has 0 radical (unpaired) electrons. The molecule has 3 aliphatic rings. The van der Waals surface area contributed by atoms with Crippen LogP contribution in [0, 0.1) is 0 Å². The molecule has 0 bridgehead atoms. The van der Waals surface area contributed by atoms with Gasteiger partial charge in [0.1, 0.15) is 11.8 Å². The zero-order valence-electron chi connectivity index (χ0n) is 19.9. The zero-order valence-corrected chi connectivity index (χ0v) is 19.9. The Morgan fingerprint density at radius 3 is 2.71 bits per heavy atom. The van der Waals surface area contributed by atoms with Crippen LogP contribution in [0.2, 0.25) is 0 Å². The molecule has 8 nitrogen and oxygen atoms in total. The largest absolute Gasteiger partial charge is 0.497 e. The Balaban J connectivity index is 1.38. The molecule has 2 unspecified atom stereocenters. The van der Waals surface area contributed by atoms with Crippen molar-refractivity contribution in [1.29, 1.82) is 0 Å². The molecular formula is C27H30N4O4. The number of hydrogen-bond acceptors (Lipinski definition) is 5. The summed E-state index contributed by atoms with van der Waals surface area (Å²) in [5.41, 5.74) is 4.06. The van der Waals surface area contributed by atoms with Gasteiger partial charge in [-0.3, -0.25) is 14.5 Å². The van der Waals surface area contributed by atoms with Crippen LogP contribution in [0.3, 0.4) is 0 Å². The van der Waals surface area contributed by atoms with E-state index in [-0.39, 0.29) is 24.4 Å². The van der Waals surface area contributed by atoms with Gasteiger partial charge in [-0.1, -0.05) is 30.3 Å². The summed E-state index contributed by atoms with van der Waals surface area (Å²) in [6, 6.07) is 15.1. The first kappa shape index (κ1) is 22.1. The van der Waals surface area contributed by atoms with Crippen molar-refractivity contribution in [1.82, 2.24) is 19.7 Å². The highest BCUT2D eigenvalue weighted by Crippen LogP contribution is 2.43.